The fraction of sp³-hybridized carbons (Fsp3) is 0.333. The van der Waals surface area contributed by atoms with Crippen molar-refractivity contribution in [1.29, 1.82) is 0 Å². The Labute approximate surface area is 118 Å². The average molecular weight is 275 g/mol. The Balaban J connectivity index is 2.03. The summed E-state index contributed by atoms with van der Waals surface area (Å²) in [6, 6.07) is 8.18. The van der Waals surface area contributed by atoms with Crippen LogP contribution in [0.1, 0.15) is 31.9 Å². The van der Waals surface area contributed by atoms with Crippen molar-refractivity contribution in [2.75, 3.05) is 11.9 Å². The van der Waals surface area contributed by atoms with Crippen LogP contribution in [0.2, 0.25) is 0 Å². The third-order valence-electron chi connectivity index (χ3n) is 2.83. The first-order chi connectivity index (χ1) is 9.69. The minimum atomic E-state index is -0.238. The van der Waals surface area contributed by atoms with Gasteiger partial charge in [-0.2, -0.15) is 0 Å². The van der Waals surface area contributed by atoms with Gasteiger partial charge in [0.05, 0.1) is 6.61 Å². The van der Waals surface area contributed by atoms with E-state index in [1.807, 2.05) is 13.8 Å². The summed E-state index contributed by atoms with van der Waals surface area (Å²) in [6.07, 6.45) is 2.39. The molecule has 0 amide bonds. The third kappa shape index (κ3) is 3.91. The summed E-state index contributed by atoms with van der Waals surface area (Å²) in [5.41, 5.74) is 0.987. The molecule has 0 fully saturated rings. The van der Waals surface area contributed by atoms with Crippen LogP contribution in [0.15, 0.2) is 36.7 Å². The lowest BCUT2D eigenvalue weighted by Crippen LogP contribution is -2.08. The van der Waals surface area contributed by atoms with E-state index < -0.39 is 0 Å². The Morgan fingerprint density at radius 1 is 1.25 bits per heavy atom. The molecule has 0 bridgehead atoms. The van der Waals surface area contributed by atoms with E-state index in [2.05, 4.69) is 15.3 Å². The number of nitrogens with one attached hydrogen (secondary N) is 1. The van der Waals surface area contributed by atoms with Gasteiger partial charge in [-0.05, 0) is 31.0 Å². The zero-order valence-corrected chi connectivity index (χ0v) is 11.6. The van der Waals surface area contributed by atoms with Gasteiger partial charge in [-0.15, -0.1) is 0 Å². The molecule has 20 heavy (non-hydrogen) atoms. The highest BCUT2D eigenvalue weighted by Crippen LogP contribution is 2.19. The number of anilines is 1. The molecule has 1 unspecified atom stereocenters. The molecule has 0 radical (unpaired) electrons. The molecule has 1 aromatic carbocycles. The molecule has 1 heterocycles. The summed E-state index contributed by atoms with van der Waals surface area (Å²) in [4.78, 5) is 8.20. The van der Waals surface area contributed by atoms with Gasteiger partial charge in [-0.3, -0.25) is 0 Å². The highest BCUT2D eigenvalue weighted by Gasteiger charge is 2.07. The normalized spacial score (nSPS) is 11.9. The van der Waals surface area contributed by atoms with Crippen molar-refractivity contribution in [1.82, 2.24) is 9.97 Å². The van der Waals surface area contributed by atoms with Crippen LogP contribution < -0.4 is 10.1 Å². The monoisotopic (exact) mass is 275 g/mol. The van der Waals surface area contributed by atoms with E-state index in [0.717, 1.165) is 12.0 Å². The second-order valence-electron chi connectivity index (χ2n) is 4.51. The van der Waals surface area contributed by atoms with E-state index in [1.54, 1.807) is 18.2 Å². The summed E-state index contributed by atoms with van der Waals surface area (Å²) in [7, 11) is 0. The zero-order chi connectivity index (χ0) is 14.4. The molecule has 1 aromatic heterocycles. The maximum Gasteiger partial charge on any atom is 0.218 e. The zero-order valence-electron chi connectivity index (χ0n) is 11.6. The van der Waals surface area contributed by atoms with Gasteiger partial charge in [0.1, 0.15) is 18.0 Å². The van der Waals surface area contributed by atoms with Crippen molar-refractivity contribution in [2.24, 2.45) is 0 Å². The van der Waals surface area contributed by atoms with Crippen molar-refractivity contribution in [2.45, 2.75) is 26.3 Å². The molecule has 1 atom stereocenters. The molecule has 2 aromatic rings. The second kappa shape index (κ2) is 6.84. The quantitative estimate of drug-likeness (QED) is 0.875. The first-order valence-electron chi connectivity index (χ1n) is 6.66. The van der Waals surface area contributed by atoms with E-state index in [0.29, 0.717) is 18.3 Å². The Kier molecular flexibility index (Phi) is 4.87. The van der Waals surface area contributed by atoms with E-state index in [4.69, 9.17) is 4.74 Å². The molecule has 1 N–H and O–H groups in total. The van der Waals surface area contributed by atoms with Gasteiger partial charge in [0.15, 0.2) is 0 Å². The lowest BCUT2D eigenvalue weighted by Gasteiger charge is -2.15. The molecule has 0 aliphatic heterocycles. The first kappa shape index (κ1) is 14.2. The minimum absolute atomic E-state index is 0.0181. The molecule has 2 rings (SSSR count). The maximum absolute atomic E-state index is 12.9. The van der Waals surface area contributed by atoms with Gasteiger partial charge in [0, 0.05) is 12.1 Å². The second-order valence-corrected chi connectivity index (χ2v) is 4.51. The van der Waals surface area contributed by atoms with Gasteiger partial charge in [-0.25, -0.2) is 14.4 Å². The van der Waals surface area contributed by atoms with Gasteiger partial charge in [0.25, 0.3) is 0 Å². The van der Waals surface area contributed by atoms with Crippen LogP contribution in [0.25, 0.3) is 0 Å². The number of benzene rings is 1. The van der Waals surface area contributed by atoms with Crippen molar-refractivity contribution in [3.05, 3.63) is 48.0 Å². The average Bonchev–Trinajstić information content (AvgIpc) is 2.46. The molecule has 0 saturated heterocycles. The predicted octanol–water partition coefficient (Wildman–Crippen LogP) is 3.58. The topological polar surface area (TPSA) is 47.0 Å². The van der Waals surface area contributed by atoms with Gasteiger partial charge >= 0.3 is 0 Å². The Morgan fingerprint density at radius 3 is 2.70 bits per heavy atom. The van der Waals surface area contributed by atoms with Crippen LogP contribution in [0.5, 0.6) is 5.88 Å². The molecule has 4 nitrogen and oxygen atoms in total. The molecular formula is C15H18FN3O. The van der Waals surface area contributed by atoms with Crippen LogP contribution in [-0.4, -0.2) is 16.6 Å². The molecule has 0 spiro atoms. The van der Waals surface area contributed by atoms with E-state index in [9.17, 15) is 4.39 Å². The maximum atomic E-state index is 12.9. The van der Waals surface area contributed by atoms with Gasteiger partial charge < -0.3 is 10.1 Å². The molecule has 0 saturated carbocycles. The predicted molar refractivity (Wildman–Crippen MR) is 76.3 cm³/mol. The third-order valence-corrected chi connectivity index (χ3v) is 2.83. The van der Waals surface area contributed by atoms with E-state index >= 15 is 0 Å². The lowest BCUT2D eigenvalue weighted by molar-refractivity contribution is 0.305. The van der Waals surface area contributed by atoms with E-state index in [1.165, 1.54) is 18.5 Å². The lowest BCUT2D eigenvalue weighted by atomic mass is 10.1. The highest BCUT2D eigenvalue weighted by molar-refractivity contribution is 5.40. The smallest absolute Gasteiger partial charge is 0.218 e. The van der Waals surface area contributed by atoms with Crippen molar-refractivity contribution < 1.29 is 9.13 Å². The number of halogens is 1. The number of nitrogens with zero attached hydrogens (tertiary/aromatic N) is 2. The number of ether oxygens (including phenoxy) is 1. The van der Waals surface area contributed by atoms with Crippen LogP contribution in [0.4, 0.5) is 10.2 Å². The number of aromatic nitrogens is 2. The number of hydrogen-bond acceptors (Lipinski definition) is 4. The summed E-state index contributed by atoms with van der Waals surface area (Å²) >= 11 is 0. The molecule has 0 aliphatic carbocycles. The number of hydrogen-bond donors (Lipinski definition) is 1. The fourth-order valence-corrected chi connectivity index (χ4v) is 1.76. The summed E-state index contributed by atoms with van der Waals surface area (Å²) in [6.45, 7) is 4.66. The molecular weight excluding hydrogens is 257 g/mol. The standard InChI is InChI=1S/C15H18FN3O/c1-3-8-20-15-9-14(17-10-18-15)19-11(2)12-4-6-13(16)7-5-12/h4-7,9-11H,3,8H2,1-2H3,(H,17,18,19). The van der Waals surface area contributed by atoms with E-state index in [-0.39, 0.29) is 11.9 Å². The van der Waals surface area contributed by atoms with Crippen molar-refractivity contribution in [3.63, 3.8) is 0 Å². The summed E-state index contributed by atoms with van der Waals surface area (Å²) < 4.78 is 18.3. The Hall–Kier alpha value is -2.17. The van der Waals surface area contributed by atoms with Crippen LogP contribution >= 0.6 is 0 Å². The first-order valence-corrected chi connectivity index (χ1v) is 6.66. The SMILES string of the molecule is CCCOc1cc(NC(C)c2ccc(F)cc2)ncn1. The van der Waals surface area contributed by atoms with Crippen molar-refractivity contribution in [3.8, 4) is 5.88 Å². The number of rotatable bonds is 6. The van der Waals surface area contributed by atoms with Gasteiger partial charge in [0.2, 0.25) is 5.88 Å². The van der Waals surface area contributed by atoms with Crippen LogP contribution in [0, 0.1) is 5.82 Å². The largest absolute Gasteiger partial charge is 0.478 e. The Bertz CT molecular complexity index is 545. The Morgan fingerprint density at radius 2 is 2.00 bits per heavy atom. The molecule has 0 aliphatic rings. The van der Waals surface area contributed by atoms with Crippen LogP contribution in [0.3, 0.4) is 0 Å². The van der Waals surface area contributed by atoms with Crippen molar-refractivity contribution >= 4 is 5.82 Å². The fourth-order valence-electron chi connectivity index (χ4n) is 1.76. The highest BCUT2D eigenvalue weighted by atomic mass is 19.1. The van der Waals surface area contributed by atoms with Gasteiger partial charge in [-0.1, -0.05) is 19.1 Å². The minimum Gasteiger partial charge on any atom is -0.478 e. The summed E-state index contributed by atoms with van der Waals surface area (Å²) in [5, 5.41) is 3.24. The van der Waals surface area contributed by atoms with Crippen LogP contribution in [-0.2, 0) is 0 Å². The molecule has 106 valence electrons. The summed E-state index contributed by atoms with van der Waals surface area (Å²) in [5.74, 6) is 0.997. The molecule has 5 heteroatoms.